The van der Waals surface area contributed by atoms with Gasteiger partial charge in [0.1, 0.15) is 28.4 Å². The van der Waals surface area contributed by atoms with Crippen molar-refractivity contribution >= 4 is 35.0 Å². The summed E-state index contributed by atoms with van der Waals surface area (Å²) in [5.74, 6) is -0.321. The summed E-state index contributed by atoms with van der Waals surface area (Å²) in [6.07, 6.45) is -3.04. The molecule has 0 N–H and O–H groups in total. The Morgan fingerprint density at radius 2 is 1.33 bits per heavy atom. The number of carbonyl (C=O) groups is 3. The number of aromatic nitrogens is 1. The fraction of sp³-hybridized carbons (Fsp3) is 0.556. The van der Waals surface area contributed by atoms with Gasteiger partial charge in [0.25, 0.3) is 0 Å². The Bertz CT molecular complexity index is 1190. The lowest BCUT2D eigenvalue weighted by atomic mass is 9.97. The van der Waals surface area contributed by atoms with Crippen molar-refractivity contribution < 1.29 is 28.6 Å². The van der Waals surface area contributed by atoms with Crippen LogP contribution >= 0.6 is 0 Å². The molecule has 2 amide bonds. The Morgan fingerprint density at radius 3 is 1.72 bits per heavy atom. The standard InChI is InChI=1S/C27H37N3O6/c1-16(2)17-13-12-14-19-20(17)18(15-28)21(29(19)22(31)34-25(3,4)5)30(23(32)35-26(6,7)8)24(33)36-27(9,10)11/h12-14,16H,1-11H3. The molecule has 0 unspecified atom stereocenters. The highest BCUT2D eigenvalue weighted by atomic mass is 16.6. The lowest BCUT2D eigenvalue weighted by molar-refractivity contribution is 0.0426. The molecule has 0 spiro atoms. The second-order valence-corrected chi connectivity index (χ2v) is 11.8. The predicted octanol–water partition coefficient (Wildman–Crippen LogP) is 7.10. The summed E-state index contributed by atoms with van der Waals surface area (Å²) in [6, 6.07) is 7.32. The van der Waals surface area contributed by atoms with Crippen LogP contribution in [-0.2, 0) is 14.2 Å². The van der Waals surface area contributed by atoms with Gasteiger partial charge in [-0.15, -0.1) is 0 Å². The zero-order valence-electron chi connectivity index (χ0n) is 23.1. The van der Waals surface area contributed by atoms with E-state index in [-0.39, 0.29) is 17.3 Å². The van der Waals surface area contributed by atoms with Crippen LogP contribution in [0, 0.1) is 11.3 Å². The molecule has 9 nitrogen and oxygen atoms in total. The van der Waals surface area contributed by atoms with Gasteiger partial charge in [-0.3, -0.25) is 0 Å². The van der Waals surface area contributed by atoms with E-state index in [9.17, 15) is 19.6 Å². The highest BCUT2D eigenvalue weighted by molar-refractivity contribution is 6.15. The molecule has 36 heavy (non-hydrogen) atoms. The summed E-state index contributed by atoms with van der Waals surface area (Å²) >= 11 is 0. The van der Waals surface area contributed by atoms with Crippen LogP contribution in [0.15, 0.2) is 18.2 Å². The smallest absolute Gasteiger partial charge is 0.425 e. The number of anilines is 1. The van der Waals surface area contributed by atoms with Crippen molar-refractivity contribution in [3.8, 4) is 6.07 Å². The summed E-state index contributed by atoms with van der Waals surface area (Å²) in [5, 5.41) is 10.7. The molecule has 9 heteroatoms. The molecule has 0 fully saturated rings. The average molecular weight is 500 g/mol. The summed E-state index contributed by atoms with van der Waals surface area (Å²) in [7, 11) is 0. The molecule has 0 saturated heterocycles. The quantitative estimate of drug-likeness (QED) is 0.405. The van der Waals surface area contributed by atoms with Gasteiger partial charge in [0, 0.05) is 5.39 Å². The Hall–Kier alpha value is -3.54. The van der Waals surface area contributed by atoms with Crippen LogP contribution in [0.2, 0.25) is 0 Å². The van der Waals surface area contributed by atoms with Crippen LogP contribution < -0.4 is 4.90 Å². The number of imide groups is 1. The molecule has 1 aromatic carbocycles. The van der Waals surface area contributed by atoms with Crippen molar-refractivity contribution in [3.05, 3.63) is 29.3 Å². The van der Waals surface area contributed by atoms with Gasteiger partial charge in [-0.05, 0) is 79.9 Å². The largest absolute Gasteiger partial charge is 0.443 e. The van der Waals surface area contributed by atoms with E-state index < -0.39 is 35.1 Å². The molecule has 0 bridgehead atoms. The van der Waals surface area contributed by atoms with E-state index in [1.165, 1.54) is 0 Å². The molecular formula is C27H37N3O6. The number of amides is 2. The molecule has 1 heterocycles. The van der Waals surface area contributed by atoms with Crippen LogP contribution in [0.3, 0.4) is 0 Å². The fourth-order valence-corrected chi connectivity index (χ4v) is 3.51. The fourth-order valence-electron chi connectivity index (χ4n) is 3.51. The number of nitrogens with zero attached hydrogens (tertiary/aromatic N) is 3. The summed E-state index contributed by atoms with van der Waals surface area (Å²) < 4.78 is 17.7. The third-order valence-corrected chi connectivity index (χ3v) is 4.67. The second kappa shape index (κ2) is 9.84. The first kappa shape index (κ1) is 28.7. The van der Waals surface area contributed by atoms with Crippen molar-refractivity contribution in [1.29, 1.82) is 5.26 Å². The third-order valence-electron chi connectivity index (χ3n) is 4.67. The molecule has 0 atom stereocenters. The van der Waals surface area contributed by atoms with E-state index >= 15 is 0 Å². The molecule has 0 saturated carbocycles. The van der Waals surface area contributed by atoms with Gasteiger partial charge in [-0.2, -0.15) is 10.2 Å². The molecule has 0 aliphatic heterocycles. The Morgan fingerprint density at radius 1 is 0.861 bits per heavy atom. The zero-order chi connectivity index (χ0) is 27.8. The summed E-state index contributed by atoms with van der Waals surface area (Å²) in [5.41, 5.74) is -1.81. The minimum absolute atomic E-state index is 0.0281. The van der Waals surface area contributed by atoms with Crippen LogP contribution in [-0.4, -0.2) is 39.6 Å². The van der Waals surface area contributed by atoms with Crippen LogP contribution in [0.1, 0.15) is 93.2 Å². The third kappa shape index (κ3) is 6.56. The monoisotopic (exact) mass is 499 g/mol. The van der Waals surface area contributed by atoms with Crippen molar-refractivity contribution in [2.45, 2.75) is 98.9 Å². The maximum absolute atomic E-state index is 13.5. The van der Waals surface area contributed by atoms with Gasteiger partial charge < -0.3 is 14.2 Å². The number of fused-ring (bicyclic) bond motifs is 1. The minimum Gasteiger partial charge on any atom is -0.443 e. The Labute approximate surface area is 212 Å². The molecule has 2 rings (SSSR count). The predicted molar refractivity (Wildman–Crippen MR) is 137 cm³/mol. The molecule has 0 aliphatic carbocycles. The van der Waals surface area contributed by atoms with Crippen molar-refractivity contribution in [2.24, 2.45) is 0 Å². The summed E-state index contributed by atoms with van der Waals surface area (Å²) in [6.45, 7) is 18.8. The normalized spacial score (nSPS) is 12.3. The first-order valence-corrected chi connectivity index (χ1v) is 11.8. The van der Waals surface area contributed by atoms with E-state index in [1.54, 1.807) is 74.4 Å². The van der Waals surface area contributed by atoms with Gasteiger partial charge in [0.05, 0.1) is 5.52 Å². The summed E-state index contributed by atoms with van der Waals surface area (Å²) in [4.78, 5) is 41.0. The number of ether oxygens (including phenoxy) is 3. The first-order chi connectivity index (χ1) is 16.3. The Balaban J connectivity index is 3.04. The van der Waals surface area contributed by atoms with E-state index in [2.05, 4.69) is 6.07 Å². The molecule has 2 aromatic rings. The number of hydrogen-bond acceptors (Lipinski definition) is 7. The molecule has 1 aromatic heterocycles. The molecular weight excluding hydrogens is 462 g/mol. The van der Waals surface area contributed by atoms with Gasteiger partial charge >= 0.3 is 18.3 Å². The first-order valence-electron chi connectivity index (χ1n) is 11.8. The molecule has 0 aliphatic rings. The van der Waals surface area contributed by atoms with Gasteiger partial charge in [0.2, 0.25) is 0 Å². The number of nitriles is 1. The Kier molecular flexibility index (Phi) is 7.84. The number of hydrogen-bond donors (Lipinski definition) is 0. The van der Waals surface area contributed by atoms with E-state index in [4.69, 9.17) is 14.2 Å². The number of benzene rings is 1. The van der Waals surface area contributed by atoms with Gasteiger partial charge in [-0.1, -0.05) is 26.0 Å². The highest BCUT2D eigenvalue weighted by Crippen LogP contribution is 2.39. The maximum Gasteiger partial charge on any atom is 0.425 e. The highest BCUT2D eigenvalue weighted by Gasteiger charge is 2.40. The maximum atomic E-state index is 13.5. The van der Waals surface area contributed by atoms with E-state index in [1.807, 2.05) is 19.9 Å². The number of rotatable bonds is 2. The molecule has 196 valence electrons. The average Bonchev–Trinajstić information content (AvgIpc) is 2.97. The van der Waals surface area contributed by atoms with Gasteiger partial charge in [0.15, 0.2) is 5.82 Å². The van der Waals surface area contributed by atoms with Gasteiger partial charge in [-0.25, -0.2) is 19.0 Å². The second-order valence-electron chi connectivity index (χ2n) is 11.8. The lowest BCUT2D eigenvalue weighted by Crippen LogP contribution is -2.45. The molecule has 0 radical (unpaired) electrons. The SMILES string of the molecule is CC(C)c1cccc2c1c(C#N)c(N(C(=O)OC(C)(C)C)C(=O)OC(C)(C)C)n2C(=O)OC(C)(C)C. The van der Waals surface area contributed by atoms with E-state index in [0.717, 1.165) is 10.1 Å². The van der Waals surface area contributed by atoms with E-state index in [0.29, 0.717) is 15.8 Å². The minimum atomic E-state index is -1.09. The van der Waals surface area contributed by atoms with Crippen molar-refractivity contribution in [3.63, 3.8) is 0 Å². The van der Waals surface area contributed by atoms with Crippen LogP contribution in [0.25, 0.3) is 10.9 Å². The topological polar surface area (TPSA) is 111 Å². The number of carbonyl (C=O) groups excluding carboxylic acids is 3. The van der Waals surface area contributed by atoms with Crippen molar-refractivity contribution in [1.82, 2.24) is 4.57 Å². The lowest BCUT2D eigenvalue weighted by Gasteiger charge is -2.29. The van der Waals surface area contributed by atoms with Crippen molar-refractivity contribution in [2.75, 3.05) is 4.90 Å². The zero-order valence-corrected chi connectivity index (χ0v) is 23.1. The van der Waals surface area contributed by atoms with Crippen LogP contribution in [0.4, 0.5) is 20.2 Å². The van der Waals surface area contributed by atoms with Crippen LogP contribution in [0.5, 0.6) is 0 Å².